The quantitative estimate of drug-likeness (QED) is 0.789. The molecule has 0 amide bonds. The summed E-state index contributed by atoms with van der Waals surface area (Å²) in [6.07, 6.45) is 3.97. The van der Waals surface area contributed by atoms with Gasteiger partial charge in [0.15, 0.2) is 0 Å². The first-order chi connectivity index (χ1) is 9.04. The van der Waals surface area contributed by atoms with E-state index in [-0.39, 0.29) is 18.3 Å². The van der Waals surface area contributed by atoms with Crippen LogP contribution in [0.4, 0.5) is 0 Å². The van der Waals surface area contributed by atoms with Crippen LogP contribution < -0.4 is 5.32 Å². The van der Waals surface area contributed by atoms with E-state index in [1.807, 2.05) is 0 Å². The number of aliphatic hydroxyl groups excluding tert-OH is 1. The lowest BCUT2D eigenvalue weighted by molar-refractivity contribution is -0.151. The summed E-state index contributed by atoms with van der Waals surface area (Å²) >= 11 is 0. The highest BCUT2D eigenvalue weighted by Gasteiger charge is 2.36. The number of aliphatic hydroxyl groups is 1. The van der Waals surface area contributed by atoms with Crippen LogP contribution in [0, 0.1) is 5.92 Å². The Morgan fingerprint density at radius 2 is 2.16 bits per heavy atom. The predicted molar refractivity (Wildman–Crippen MR) is 77.3 cm³/mol. The molecule has 19 heavy (non-hydrogen) atoms. The Balaban J connectivity index is 1.90. The van der Waals surface area contributed by atoms with Crippen LogP contribution in [0.1, 0.15) is 40.0 Å². The number of rotatable bonds is 5. The standard InChI is InChI=1S/C15H30N2O2/c1-4-16-14-7-5-6-12(14)8-17-9-13(10-18)19-15(2,3)11-17/h12-14,16,18H,4-11H2,1-3H3. The molecule has 0 aromatic carbocycles. The molecule has 1 aliphatic carbocycles. The van der Waals surface area contributed by atoms with E-state index in [4.69, 9.17) is 4.74 Å². The minimum absolute atomic E-state index is 0.0252. The van der Waals surface area contributed by atoms with Crippen LogP contribution in [0.5, 0.6) is 0 Å². The number of morpholine rings is 1. The summed E-state index contributed by atoms with van der Waals surface area (Å²) in [6.45, 7) is 10.6. The molecule has 4 nitrogen and oxygen atoms in total. The summed E-state index contributed by atoms with van der Waals surface area (Å²) in [6, 6.07) is 0.684. The molecule has 1 heterocycles. The second kappa shape index (κ2) is 6.53. The van der Waals surface area contributed by atoms with Gasteiger partial charge >= 0.3 is 0 Å². The maximum absolute atomic E-state index is 9.37. The Morgan fingerprint density at radius 3 is 2.84 bits per heavy atom. The van der Waals surface area contributed by atoms with Crippen molar-refractivity contribution in [3.05, 3.63) is 0 Å². The van der Waals surface area contributed by atoms with Gasteiger partial charge in [0.25, 0.3) is 0 Å². The Labute approximate surface area is 117 Å². The SMILES string of the molecule is CCNC1CCCC1CN1CC(CO)OC(C)(C)C1. The number of hydrogen-bond donors (Lipinski definition) is 2. The van der Waals surface area contributed by atoms with E-state index in [1.54, 1.807) is 0 Å². The first kappa shape index (κ1) is 15.2. The van der Waals surface area contributed by atoms with Gasteiger partial charge in [-0.1, -0.05) is 13.3 Å². The predicted octanol–water partition coefficient (Wildman–Crippen LogP) is 1.24. The molecule has 1 saturated carbocycles. The van der Waals surface area contributed by atoms with Crippen molar-refractivity contribution in [1.29, 1.82) is 0 Å². The zero-order valence-electron chi connectivity index (χ0n) is 12.7. The molecule has 1 aliphatic heterocycles. The molecule has 0 bridgehead atoms. The molecule has 0 radical (unpaired) electrons. The van der Waals surface area contributed by atoms with Gasteiger partial charge in [0.05, 0.1) is 18.3 Å². The number of hydrogen-bond acceptors (Lipinski definition) is 4. The Morgan fingerprint density at radius 1 is 1.37 bits per heavy atom. The minimum Gasteiger partial charge on any atom is -0.394 e. The molecule has 0 spiro atoms. The van der Waals surface area contributed by atoms with Gasteiger partial charge in [-0.05, 0) is 39.2 Å². The summed E-state index contributed by atoms with van der Waals surface area (Å²) in [5.74, 6) is 0.758. The van der Waals surface area contributed by atoms with Gasteiger partial charge < -0.3 is 15.2 Å². The van der Waals surface area contributed by atoms with Crippen molar-refractivity contribution in [2.45, 2.75) is 57.8 Å². The molecule has 112 valence electrons. The van der Waals surface area contributed by atoms with Gasteiger partial charge in [-0.15, -0.1) is 0 Å². The van der Waals surface area contributed by atoms with E-state index in [1.165, 1.54) is 19.3 Å². The second-order valence-electron chi connectivity index (χ2n) is 6.73. The van der Waals surface area contributed by atoms with Crippen LogP contribution in [0.25, 0.3) is 0 Å². The highest BCUT2D eigenvalue weighted by molar-refractivity contribution is 4.89. The highest BCUT2D eigenvalue weighted by atomic mass is 16.5. The Bertz CT molecular complexity index is 283. The molecule has 0 aromatic rings. The molecule has 2 fully saturated rings. The molecule has 3 unspecified atom stereocenters. The molecule has 2 rings (SSSR count). The molecular weight excluding hydrogens is 240 g/mol. The number of ether oxygens (including phenoxy) is 1. The fourth-order valence-corrected chi connectivity index (χ4v) is 3.77. The van der Waals surface area contributed by atoms with Crippen molar-refractivity contribution in [2.24, 2.45) is 5.92 Å². The second-order valence-corrected chi connectivity index (χ2v) is 6.73. The third-order valence-electron chi connectivity index (χ3n) is 4.37. The molecule has 4 heteroatoms. The van der Waals surface area contributed by atoms with Crippen molar-refractivity contribution in [2.75, 3.05) is 32.8 Å². The lowest BCUT2D eigenvalue weighted by Crippen LogP contribution is -2.55. The zero-order chi connectivity index (χ0) is 13.9. The number of nitrogens with zero attached hydrogens (tertiary/aromatic N) is 1. The Hall–Kier alpha value is -0.160. The van der Waals surface area contributed by atoms with Crippen molar-refractivity contribution in [3.63, 3.8) is 0 Å². The molecule has 3 atom stereocenters. The normalized spacial score (nSPS) is 35.7. The first-order valence-electron chi connectivity index (χ1n) is 7.78. The summed E-state index contributed by atoms with van der Waals surface area (Å²) < 4.78 is 5.88. The lowest BCUT2D eigenvalue weighted by atomic mass is 9.99. The van der Waals surface area contributed by atoms with Gasteiger partial charge in [0.2, 0.25) is 0 Å². The van der Waals surface area contributed by atoms with Crippen molar-refractivity contribution in [1.82, 2.24) is 10.2 Å². The molecule has 2 aliphatic rings. The molecule has 0 aromatic heterocycles. The van der Waals surface area contributed by atoms with Crippen LogP contribution in [0.15, 0.2) is 0 Å². The third-order valence-corrected chi connectivity index (χ3v) is 4.37. The van der Waals surface area contributed by atoms with Crippen LogP contribution in [-0.2, 0) is 4.74 Å². The summed E-state index contributed by atoms with van der Waals surface area (Å²) in [5, 5.41) is 13.0. The highest BCUT2D eigenvalue weighted by Crippen LogP contribution is 2.29. The summed E-state index contributed by atoms with van der Waals surface area (Å²) in [7, 11) is 0. The van der Waals surface area contributed by atoms with Crippen LogP contribution in [0.3, 0.4) is 0 Å². The van der Waals surface area contributed by atoms with E-state index in [0.29, 0.717) is 6.04 Å². The van der Waals surface area contributed by atoms with Crippen LogP contribution in [-0.4, -0.2) is 60.5 Å². The zero-order valence-corrected chi connectivity index (χ0v) is 12.7. The van der Waals surface area contributed by atoms with Crippen molar-refractivity contribution < 1.29 is 9.84 Å². The maximum atomic E-state index is 9.37. The molecule has 1 saturated heterocycles. The van der Waals surface area contributed by atoms with E-state index < -0.39 is 0 Å². The van der Waals surface area contributed by atoms with Gasteiger partial charge in [0, 0.05) is 25.7 Å². The smallest absolute Gasteiger partial charge is 0.0940 e. The molecule has 2 N–H and O–H groups in total. The van der Waals surface area contributed by atoms with E-state index >= 15 is 0 Å². The fraction of sp³-hybridized carbons (Fsp3) is 1.00. The lowest BCUT2D eigenvalue weighted by Gasteiger charge is -2.43. The Kier molecular flexibility index (Phi) is 5.23. The largest absolute Gasteiger partial charge is 0.394 e. The summed E-state index contributed by atoms with van der Waals surface area (Å²) in [4.78, 5) is 2.49. The minimum atomic E-state index is -0.141. The van der Waals surface area contributed by atoms with E-state index in [2.05, 4.69) is 31.0 Å². The van der Waals surface area contributed by atoms with Crippen molar-refractivity contribution in [3.8, 4) is 0 Å². The average Bonchev–Trinajstić information content (AvgIpc) is 2.75. The topological polar surface area (TPSA) is 44.7 Å². The molecular formula is C15H30N2O2. The van der Waals surface area contributed by atoms with Gasteiger partial charge in [-0.2, -0.15) is 0 Å². The fourth-order valence-electron chi connectivity index (χ4n) is 3.77. The van der Waals surface area contributed by atoms with Crippen molar-refractivity contribution >= 4 is 0 Å². The van der Waals surface area contributed by atoms with Crippen LogP contribution >= 0.6 is 0 Å². The van der Waals surface area contributed by atoms with E-state index in [0.717, 1.165) is 32.1 Å². The average molecular weight is 270 g/mol. The van der Waals surface area contributed by atoms with Gasteiger partial charge in [0.1, 0.15) is 0 Å². The first-order valence-corrected chi connectivity index (χ1v) is 7.78. The number of nitrogens with one attached hydrogen (secondary N) is 1. The van der Waals surface area contributed by atoms with Gasteiger partial charge in [-0.25, -0.2) is 0 Å². The summed E-state index contributed by atoms with van der Waals surface area (Å²) in [5.41, 5.74) is -0.141. The van der Waals surface area contributed by atoms with Crippen LogP contribution in [0.2, 0.25) is 0 Å². The third kappa shape index (κ3) is 4.15. The maximum Gasteiger partial charge on any atom is 0.0940 e. The monoisotopic (exact) mass is 270 g/mol. The van der Waals surface area contributed by atoms with E-state index in [9.17, 15) is 5.11 Å². The van der Waals surface area contributed by atoms with Gasteiger partial charge in [-0.3, -0.25) is 4.90 Å².